The van der Waals surface area contributed by atoms with Crippen LogP contribution in [0.3, 0.4) is 0 Å². The number of hydrogen-bond donors (Lipinski definition) is 1. The fraction of sp³-hybridized carbons (Fsp3) is 0.450. The first-order chi connectivity index (χ1) is 14.5. The normalized spacial score (nSPS) is 14.3. The zero-order chi connectivity index (χ0) is 21.5. The summed E-state index contributed by atoms with van der Waals surface area (Å²) in [5.74, 6) is 1.21. The molecule has 0 atom stereocenters. The van der Waals surface area contributed by atoms with Gasteiger partial charge < -0.3 is 24.4 Å². The summed E-state index contributed by atoms with van der Waals surface area (Å²) in [6.07, 6.45) is -0.300. The molecule has 1 aliphatic rings. The van der Waals surface area contributed by atoms with Gasteiger partial charge in [0.2, 0.25) is 5.91 Å². The van der Waals surface area contributed by atoms with Gasteiger partial charge >= 0.3 is 6.09 Å². The summed E-state index contributed by atoms with van der Waals surface area (Å²) in [6.45, 7) is 4.73. The molecule has 0 unspecified atom stereocenters. The molecule has 0 saturated carbocycles. The van der Waals surface area contributed by atoms with Crippen LogP contribution in [0.5, 0.6) is 11.5 Å². The van der Waals surface area contributed by atoms with E-state index in [9.17, 15) is 9.59 Å². The summed E-state index contributed by atoms with van der Waals surface area (Å²) in [6, 6.07) is 5.51. The van der Waals surface area contributed by atoms with Crippen LogP contribution in [0.2, 0.25) is 0 Å². The second kappa shape index (κ2) is 10.3. The molecule has 1 fully saturated rings. The van der Waals surface area contributed by atoms with E-state index in [1.165, 1.54) is 11.3 Å². The number of methoxy groups -OCH3 is 2. The highest BCUT2D eigenvalue weighted by Gasteiger charge is 2.23. The number of amides is 2. The first-order valence-electron chi connectivity index (χ1n) is 9.65. The van der Waals surface area contributed by atoms with Crippen LogP contribution in [-0.4, -0.2) is 80.3 Å². The quantitative estimate of drug-likeness (QED) is 0.716. The van der Waals surface area contributed by atoms with Gasteiger partial charge in [0.05, 0.1) is 33.1 Å². The molecule has 10 heteroatoms. The van der Waals surface area contributed by atoms with Crippen LogP contribution >= 0.6 is 11.3 Å². The maximum Gasteiger partial charge on any atom is 0.409 e. The van der Waals surface area contributed by atoms with Gasteiger partial charge in [-0.15, -0.1) is 11.3 Å². The number of nitrogens with one attached hydrogen (secondary N) is 1. The molecule has 3 rings (SSSR count). The highest BCUT2D eigenvalue weighted by molar-refractivity contribution is 7.14. The Balaban J connectivity index is 1.54. The van der Waals surface area contributed by atoms with Crippen LogP contribution in [0, 0.1) is 0 Å². The number of thiazole rings is 1. The minimum atomic E-state index is -0.300. The molecule has 2 heterocycles. The predicted molar refractivity (Wildman–Crippen MR) is 114 cm³/mol. The van der Waals surface area contributed by atoms with Crippen molar-refractivity contribution in [2.75, 3.05) is 58.9 Å². The number of rotatable bonds is 7. The molecule has 2 aromatic rings. The first-order valence-corrected chi connectivity index (χ1v) is 10.5. The molecule has 9 nitrogen and oxygen atoms in total. The van der Waals surface area contributed by atoms with Crippen LogP contribution < -0.4 is 14.8 Å². The zero-order valence-electron chi connectivity index (χ0n) is 17.3. The van der Waals surface area contributed by atoms with Gasteiger partial charge in [0.25, 0.3) is 0 Å². The summed E-state index contributed by atoms with van der Waals surface area (Å²) in [5, 5.41) is 5.25. The Hall–Kier alpha value is -2.85. The smallest absolute Gasteiger partial charge is 0.409 e. The standard InChI is InChI=1S/C20H26N4O5S/c1-4-29-20(26)24-9-7-23(8-10-24)12-18(25)22-19-21-16(13-30-19)15-6-5-14(27-2)11-17(15)28-3/h5-6,11,13H,4,7-10,12H2,1-3H3,(H,21,22,25). The Labute approximate surface area is 179 Å². The van der Waals surface area contributed by atoms with E-state index in [0.29, 0.717) is 49.4 Å². The molecule has 1 saturated heterocycles. The molecule has 162 valence electrons. The lowest BCUT2D eigenvalue weighted by Crippen LogP contribution is -2.50. The average molecular weight is 435 g/mol. The van der Waals surface area contributed by atoms with Gasteiger partial charge in [0, 0.05) is 43.2 Å². The minimum Gasteiger partial charge on any atom is -0.497 e. The molecule has 30 heavy (non-hydrogen) atoms. The number of aromatic nitrogens is 1. The first kappa shape index (κ1) is 21.8. The number of carbonyl (C=O) groups excluding carboxylic acids is 2. The summed E-state index contributed by atoms with van der Waals surface area (Å²) >= 11 is 1.36. The lowest BCUT2D eigenvalue weighted by atomic mass is 10.1. The molecular formula is C20H26N4O5S. The second-order valence-corrected chi connectivity index (χ2v) is 7.47. The average Bonchev–Trinajstić information content (AvgIpc) is 3.21. The number of anilines is 1. The molecule has 0 radical (unpaired) electrons. The van der Waals surface area contributed by atoms with Gasteiger partial charge in [-0.3, -0.25) is 9.69 Å². The largest absolute Gasteiger partial charge is 0.497 e. The highest BCUT2D eigenvalue weighted by atomic mass is 32.1. The van der Waals surface area contributed by atoms with Crippen molar-refractivity contribution in [3.8, 4) is 22.8 Å². The van der Waals surface area contributed by atoms with E-state index in [1.54, 1.807) is 32.1 Å². The van der Waals surface area contributed by atoms with Gasteiger partial charge in [-0.05, 0) is 19.1 Å². The van der Waals surface area contributed by atoms with Crippen LogP contribution in [0.25, 0.3) is 11.3 Å². The van der Waals surface area contributed by atoms with Gasteiger partial charge in [-0.1, -0.05) is 0 Å². The highest BCUT2D eigenvalue weighted by Crippen LogP contribution is 2.34. The van der Waals surface area contributed by atoms with Crippen molar-refractivity contribution in [1.82, 2.24) is 14.8 Å². The van der Waals surface area contributed by atoms with Crippen molar-refractivity contribution in [2.45, 2.75) is 6.92 Å². The number of hydrogen-bond acceptors (Lipinski definition) is 8. The Bertz CT molecular complexity index is 880. The zero-order valence-corrected chi connectivity index (χ0v) is 18.2. The maximum atomic E-state index is 12.4. The fourth-order valence-electron chi connectivity index (χ4n) is 3.13. The van der Waals surface area contributed by atoms with Crippen molar-refractivity contribution in [3.63, 3.8) is 0 Å². The molecule has 0 aliphatic carbocycles. The molecule has 0 spiro atoms. The summed E-state index contributed by atoms with van der Waals surface area (Å²) in [5.41, 5.74) is 1.54. The molecule has 1 aliphatic heterocycles. The van der Waals surface area contributed by atoms with Crippen LogP contribution in [-0.2, 0) is 9.53 Å². The summed E-state index contributed by atoms with van der Waals surface area (Å²) in [7, 11) is 3.19. The number of ether oxygens (including phenoxy) is 3. The van der Waals surface area contributed by atoms with Crippen molar-refractivity contribution in [1.29, 1.82) is 0 Å². The number of benzene rings is 1. The third-order valence-corrected chi connectivity index (χ3v) is 5.46. The van der Waals surface area contributed by atoms with Gasteiger partial charge in [0.1, 0.15) is 11.5 Å². The number of piperazine rings is 1. The Morgan fingerprint density at radius 1 is 1.17 bits per heavy atom. The Kier molecular flexibility index (Phi) is 7.47. The molecule has 1 aromatic heterocycles. The maximum absolute atomic E-state index is 12.4. The number of nitrogens with zero attached hydrogens (tertiary/aromatic N) is 3. The molecule has 0 bridgehead atoms. The topological polar surface area (TPSA) is 93.2 Å². The van der Waals surface area contributed by atoms with E-state index >= 15 is 0 Å². The minimum absolute atomic E-state index is 0.137. The number of carbonyl (C=O) groups is 2. The van der Waals surface area contributed by atoms with Gasteiger partial charge in [-0.2, -0.15) is 0 Å². The third kappa shape index (κ3) is 5.39. The summed E-state index contributed by atoms with van der Waals surface area (Å²) in [4.78, 5) is 32.3. The summed E-state index contributed by atoms with van der Waals surface area (Å²) < 4.78 is 15.7. The SMILES string of the molecule is CCOC(=O)N1CCN(CC(=O)Nc2nc(-c3ccc(OC)cc3OC)cs2)CC1. The lowest BCUT2D eigenvalue weighted by Gasteiger charge is -2.33. The van der Waals surface area contributed by atoms with E-state index in [2.05, 4.69) is 10.3 Å². The van der Waals surface area contributed by atoms with Crippen molar-refractivity contribution >= 4 is 28.5 Å². The van der Waals surface area contributed by atoms with E-state index in [0.717, 1.165) is 11.3 Å². The molecule has 1 aromatic carbocycles. The Morgan fingerprint density at radius 3 is 2.60 bits per heavy atom. The van der Waals surface area contributed by atoms with Gasteiger partial charge in [0.15, 0.2) is 5.13 Å². The van der Waals surface area contributed by atoms with Crippen LogP contribution in [0.15, 0.2) is 23.6 Å². The Morgan fingerprint density at radius 2 is 1.93 bits per heavy atom. The fourth-order valence-corrected chi connectivity index (χ4v) is 3.86. The lowest BCUT2D eigenvalue weighted by molar-refractivity contribution is -0.117. The third-order valence-electron chi connectivity index (χ3n) is 4.70. The molecular weight excluding hydrogens is 408 g/mol. The van der Waals surface area contributed by atoms with Gasteiger partial charge in [-0.25, -0.2) is 9.78 Å². The van der Waals surface area contributed by atoms with Crippen molar-refractivity contribution < 1.29 is 23.8 Å². The van der Waals surface area contributed by atoms with E-state index in [4.69, 9.17) is 14.2 Å². The van der Waals surface area contributed by atoms with Crippen LogP contribution in [0.4, 0.5) is 9.93 Å². The predicted octanol–water partition coefficient (Wildman–Crippen LogP) is 2.54. The van der Waals surface area contributed by atoms with Crippen molar-refractivity contribution in [3.05, 3.63) is 23.6 Å². The van der Waals surface area contributed by atoms with Crippen LogP contribution in [0.1, 0.15) is 6.92 Å². The van der Waals surface area contributed by atoms with E-state index < -0.39 is 0 Å². The molecule has 1 N–H and O–H groups in total. The van der Waals surface area contributed by atoms with E-state index in [-0.39, 0.29) is 18.5 Å². The van der Waals surface area contributed by atoms with Crippen molar-refractivity contribution in [2.24, 2.45) is 0 Å². The molecule has 2 amide bonds. The van der Waals surface area contributed by atoms with E-state index in [1.807, 2.05) is 22.4 Å². The monoisotopic (exact) mass is 434 g/mol. The second-order valence-electron chi connectivity index (χ2n) is 6.61.